The maximum Gasteiger partial charge on any atom is 0.269 e. The molecule has 1 heterocycles. The summed E-state index contributed by atoms with van der Waals surface area (Å²) in [5.74, 6) is 0.747. The minimum Gasteiger partial charge on any atom is -0.489 e. The first-order valence-corrected chi connectivity index (χ1v) is 9.78. The van der Waals surface area contributed by atoms with Crippen molar-refractivity contribution >= 4 is 11.5 Å². The fourth-order valence-electron chi connectivity index (χ4n) is 3.31. The molecule has 7 nitrogen and oxygen atoms in total. The molecule has 4 rings (SSSR count). The minimum absolute atomic E-state index is 0.0149. The van der Waals surface area contributed by atoms with Crippen LogP contribution in [0.25, 0.3) is 22.4 Å². The minimum atomic E-state index is -0.462. The molecule has 0 fully saturated rings. The van der Waals surface area contributed by atoms with Crippen molar-refractivity contribution in [3.05, 3.63) is 106 Å². The highest BCUT2D eigenvalue weighted by molar-refractivity contribution is 5.80. The number of nitro benzene ring substituents is 1. The molecule has 0 aliphatic carbocycles. The van der Waals surface area contributed by atoms with E-state index in [-0.39, 0.29) is 17.1 Å². The molecular formula is C25H18N4O3. The molecular weight excluding hydrogens is 404 g/mol. The third-order valence-corrected chi connectivity index (χ3v) is 4.93. The van der Waals surface area contributed by atoms with Crippen molar-refractivity contribution in [2.75, 3.05) is 5.73 Å². The van der Waals surface area contributed by atoms with Gasteiger partial charge in [0, 0.05) is 23.3 Å². The van der Waals surface area contributed by atoms with Gasteiger partial charge in [-0.05, 0) is 41.5 Å². The van der Waals surface area contributed by atoms with E-state index in [4.69, 9.17) is 10.5 Å². The van der Waals surface area contributed by atoms with Gasteiger partial charge in [0.15, 0.2) is 0 Å². The zero-order chi connectivity index (χ0) is 22.5. The molecule has 2 N–H and O–H groups in total. The van der Waals surface area contributed by atoms with Crippen molar-refractivity contribution in [3.63, 3.8) is 0 Å². The second kappa shape index (κ2) is 8.98. The summed E-state index contributed by atoms with van der Waals surface area (Å²) < 4.78 is 5.91. The first kappa shape index (κ1) is 20.6. The number of aromatic nitrogens is 1. The van der Waals surface area contributed by atoms with Crippen LogP contribution in [0.4, 0.5) is 11.5 Å². The summed E-state index contributed by atoms with van der Waals surface area (Å²) in [5, 5.41) is 20.6. The zero-order valence-electron chi connectivity index (χ0n) is 16.9. The fraction of sp³-hybridized carbons (Fsp3) is 0.0400. The number of nitrogens with zero attached hydrogens (tertiary/aromatic N) is 3. The van der Waals surface area contributed by atoms with Gasteiger partial charge in [-0.15, -0.1) is 0 Å². The molecule has 0 saturated carbocycles. The molecule has 156 valence electrons. The van der Waals surface area contributed by atoms with Crippen LogP contribution in [-0.4, -0.2) is 9.91 Å². The highest BCUT2D eigenvalue weighted by Gasteiger charge is 2.15. The lowest BCUT2D eigenvalue weighted by atomic mass is 9.98. The van der Waals surface area contributed by atoms with Gasteiger partial charge in [0.2, 0.25) is 0 Å². The molecule has 1 aromatic heterocycles. The van der Waals surface area contributed by atoms with Crippen LogP contribution in [-0.2, 0) is 6.61 Å². The largest absolute Gasteiger partial charge is 0.489 e. The molecule has 0 aliphatic rings. The third-order valence-electron chi connectivity index (χ3n) is 4.93. The third kappa shape index (κ3) is 4.40. The molecule has 7 heteroatoms. The van der Waals surface area contributed by atoms with Gasteiger partial charge in [0.25, 0.3) is 5.69 Å². The van der Waals surface area contributed by atoms with Gasteiger partial charge < -0.3 is 10.5 Å². The van der Waals surface area contributed by atoms with Crippen LogP contribution < -0.4 is 10.5 Å². The van der Waals surface area contributed by atoms with Crippen LogP contribution in [0.2, 0.25) is 0 Å². The van der Waals surface area contributed by atoms with Gasteiger partial charge >= 0.3 is 0 Å². The molecule has 0 amide bonds. The lowest BCUT2D eigenvalue weighted by molar-refractivity contribution is -0.384. The fourth-order valence-corrected chi connectivity index (χ4v) is 3.31. The second-order valence-corrected chi connectivity index (χ2v) is 7.03. The smallest absolute Gasteiger partial charge is 0.269 e. The number of nitro groups is 1. The van der Waals surface area contributed by atoms with E-state index in [1.807, 2.05) is 54.6 Å². The zero-order valence-corrected chi connectivity index (χ0v) is 16.9. The van der Waals surface area contributed by atoms with Crippen molar-refractivity contribution in [3.8, 4) is 34.2 Å². The van der Waals surface area contributed by atoms with E-state index < -0.39 is 4.92 Å². The van der Waals surface area contributed by atoms with E-state index >= 15 is 0 Å². The number of anilines is 1. The SMILES string of the molecule is N#Cc1c(-c2cccc(OCc3ccccc3)c2)cc(-c2ccc([N+](=O)[O-])cc2)nc1N. The monoisotopic (exact) mass is 422 g/mol. The summed E-state index contributed by atoms with van der Waals surface area (Å²) in [7, 11) is 0. The molecule has 4 aromatic rings. The molecule has 3 aromatic carbocycles. The van der Waals surface area contributed by atoms with E-state index in [1.54, 1.807) is 18.2 Å². The van der Waals surface area contributed by atoms with E-state index in [0.29, 0.717) is 29.2 Å². The van der Waals surface area contributed by atoms with Gasteiger partial charge in [-0.1, -0.05) is 42.5 Å². The number of nitrogens with two attached hydrogens (primary N) is 1. The summed E-state index contributed by atoms with van der Waals surface area (Å²) in [6, 6.07) is 27.1. The number of nitriles is 1. The van der Waals surface area contributed by atoms with Gasteiger partial charge in [0.05, 0.1) is 10.6 Å². The Kier molecular flexibility index (Phi) is 5.77. The Labute approximate surface area is 184 Å². The summed E-state index contributed by atoms with van der Waals surface area (Å²) in [4.78, 5) is 14.8. The number of nitrogen functional groups attached to an aromatic ring is 1. The summed E-state index contributed by atoms with van der Waals surface area (Å²) >= 11 is 0. The van der Waals surface area contributed by atoms with Crippen LogP contribution in [0.3, 0.4) is 0 Å². The van der Waals surface area contributed by atoms with E-state index in [9.17, 15) is 15.4 Å². The average Bonchev–Trinajstić information content (AvgIpc) is 2.83. The molecule has 0 bridgehead atoms. The molecule has 0 atom stereocenters. The van der Waals surface area contributed by atoms with Crippen LogP contribution >= 0.6 is 0 Å². The topological polar surface area (TPSA) is 115 Å². The van der Waals surface area contributed by atoms with E-state index in [2.05, 4.69) is 11.1 Å². The second-order valence-electron chi connectivity index (χ2n) is 7.03. The van der Waals surface area contributed by atoms with Crippen LogP contribution in [0.5, 0.6) is 5.75 Å². The summed E-state index contributed by atoms with van der Waals surface area (Å²) in [6.07, 6.45) is 0. The number of rotatable bonds is 6. The number of non-ortho nitro benzene ring substituents is 1. The maximum atomic E-state index is 10.9. The van der Waals surface area contributed by atoms with Crippen molar-refractivity contribution in [1.29, 1.82) is 5.26 Å². The van der Waals surface area contributed by atoms with Crippen LogP contribution in [0.15, 0.2) is 84.9 Å². The highest BCUT2D eigenvalue weighted by Crippen LogP contribution is 2.33. The molecule has 32 heavy (non-hydrogen) atoms. The van der Waals surface area contributed by atoms with Crippen molar-refractivity contribution in [1.82, 2.24) is 4.98 Å². The van der Waals surface area contributed by atoms with Crippen molar-refractivity contribution in [2.24, 2.45) is 0 Å². The molecule has 0 saturated heterocycles. The van der Waals surface area contributed by atoms with Crippen LogP contribution in [0.1, 0.15) is 11.1 Å². The van der Waals surface area contributed by atoms with Gasteiger partial charge in [-0.2, -0.15) is 5.26 Å². The number of hydrogen-bond acceptors (Lipinski definition) is 6. The summed E-state index contributed by atoms with van der Waals surface area (Å²) in [6.45, 7) is 0.419. The quantitative estimate of drug-likeness (QED) is 0.330. The number of ether oxygens (including phenoxy) is 1. The predicted octanol–water partition coefficient (Wildman–Crippen LogP) is 5.36. The average molecular weight is 422 g/mol. The van der Waals surface area contributed by atoms with E-state index in [0.717, 1.165) is 11.1 Å². The lowest BCUT2D eigenvalue weighted by Crippen LogP contribution is -2.00. The normalized spacial score (nSPS) is 10.3. The summed E-state index contributed by atoms with van der Waals surface area (Å²) in [5.41, 5.74) is 9.91. The predicted molar refractivity (Wildman–Crippen MR) is 122 cm³/mol. The molecule has 0 unspecified atom stereocenters. The van der Waals surface area contributed by atoms with Gasteiger partial charge in [-0.25, -0.2) is 4.98 Å². The first-order valence-electron chi connectivity index (χ1n) is 9.78. The Hall–Kier alpha value is -4.70. The molecule has 0 spiro atoms. The van der Waals surface area contributed by atoms with Crippen LogP contribution in [0, 0.1) is 21.4 Å². The molecule has 0 aliphatic heterocycles. The Morgan fingerprint density at radius 2 is 1.72 bits per heavy atom. The number of benzene rings is 3. The number of pyridine rings is 1. The van der Waals surface area contributed by atoms with Gasteiger partial charge in [0.1, 0.15) is 29.8 Å². The Balaban J connectivity index is 1.69. The lowest BCUT2D eigenvalue weighted by Gasteiger charge is -2.12. The van der Waals surface area contributed by atoms with Crippen molar-refractivity contribution < 1.29 is 9.66 Å². The number of hydrogen-bond donors (Lipinski definition) is 1. The Morgan fingerprint density at radius 3 is 2.41 bits per heavy atom. The van der Waals surface area contributed by atoms with E-state index in [1.165, 1.54) is 12.1 Å². The molecule has 0 radical (unpaired) electrons. The Bertz CT molecular complexity index is 1310. The first-order chi connectivity index (χ1) is 15.5. The maximum absolute atomic E-state index is 10.9. The Morgan fingerprint density at radius 1 is 0.969 bits per heavy atom. The highest BCUT2D eigenvalue weighted by atomic mass is 16.6. The van der Waals surface area contributed by atoms with Gasteiger partial charge in [-0.3, -0.25) is 10.1 Å². The standard InChI is InChI=1S/C25H18N4O3/c26-15-23-22(14-24(28-25(23)27)18-9-11-20(12-10-18)29(30)31)19-7-4-8-21(13-19)32-16-17-5-2-1-3-6-17/h1-14H,16H2,(H2,27,28). The van der Waals surface area contributed by atoms with Crippen molar-refractivity contribution in [2.45, 2.75) is 6.61 Å².